The van der Waals surface area contributed by atoms with Crippen molar-refractivity contribution in [1.29, 1.82) is 0 Å². The molecule has 1 atom stereocenters. The Morgan fingerprint density at radius 3 is 3.36 bits per heavy atom. The Labute approximate surface area is 62.7 Å². The van der Waals surface area contributed by atoms with Crippen molar-refractivity contribution in [2.75, 3.05) is 5.32 Å². The number of nitrogens with one attached hydrogen (secondary N) is 2. The number of H-pyrrole nitrogens is 1. The van der Waals surface area contributed by atoms with E-state index in [1.165, 1.54) is 6.20 Å². The predicted molar refractivity (Wildman–Crippen MR) is 37.3 cm³/mol. The highest BCUT2D eigenvalue weighted by Crippen LogP contribution is 2.25. The van der Waals surface area contributed by atoms with Crippen LogP contribution >= 0.6 is 0 Å². The zero-order valence-corrected chi connectivity index (χ0v) is 5.92. The topological polar surface area (TPSA) is 67.0 Å². The van der Waals surface area contributed by atoms with Crippen molar-refractivity contribution in [3.8, 4) is 5.88 Å². The average Bonchev–Trinajstić information content (AvgIpc) is 2.36. The van der Waals surface area contributed by atoms with Crippen molar-refractivity contribution in [1.82, 2.24) is 10.2 Å². The van der Waals surface area contributed by atoms with Gasteiger partial charge < -0.3 is 10.1 Å². The largest absolute Gasteiger partial charge is 0.463 e. The standard InChI is InChI=1S/C6H7N3O2/c1-3-5(10)8-4-2-7-9-6(4)11-3/h2-3H,1H3,(H,7,9)(H,8,10). The highest BCUT2D eigenvalue weighted by Gasteiger charge is 2.24. The van der Waals surface area contributed by atoms with Crippen molar-refractivity contribution in [3.05, 3.63) is 6.20 Å². The van der Waals surface area contributed by atoms with Gasteiger partial charge in [-0.3, -0.25) is 4.79 Å². The van der Waals surface area contributed by atoms with E-state index in [1.807, 2.05) is 0 Å². The molecule has 2 N–H and O–H groups in total. The number of amides is 1. The Bertz CT molecular complexity index is 294. The summed E-state index contributed by atoms with van der Waals surface area (Å²) in [4.78, 5) is 11.0. The Balaban J connectivity index is 2.37. The van der Waals surface area contributed by atoms with Crippen LogP contribution in [0.3, 0.4) is 0 Å². The maximum atomic E-state index is 11.0. The van der Waals surface area contributed by atoms with Crippen LogP contribution in [-0.4, -0.2) is 22.2 Å². The van der Waals surface area contributed by atoms with E-state index in [4.69, 9.17) is 4.74 Å². The Hall–Kier alpha value is -1.52. The third-order valence-electron chi connectivity index (χ3n) is 1.53. The average molecular weight is 153 g/mol. The maximum Gasteiger partial charge on any atom is 0.265 e. The summed E-state index contributed by atoms with van der Waals surface area (Å²) >= 11 is 0. The summed E-state index contributed by atoms with van der Waals surface area (Å²) < 4.78 is 5.15. The molecule has 5 nitrogen and oxygen atoms in total. The molecule has 0 bridgehead atoms. The lowest BCUT2D eigenvalue weighted by Gasteiger charge is -2.18. The molecule has 0 spiro atoms. The van der Waals surface area contributed by atoms with Crippen LogP contribution in [0, 0.1) is 0 Å². The van der Waals surface area contributed by atoms with Gasteiger partial charge in [-0.1, -0.05) is 0 Å². The summed E-state index contributed by atoms with van der Waals surface area (Å²) in [5.74, 6) is 0.385. The molecule has 5 heteroatoms. The van der Waals surface area contributed by atoms with Crippen molar-refractivity contribution in [2.45, 2.75) is 13.0 Å². The molecule has 58 valence electrons. The second-order valence-electron chi connectivity index (χ2n) is 2.36. The van der Waals surface area contributed by atoms with E-state index in [1.54, 1.807) is 6.92 Å². The minimum Gasteiger partial charge on any atom is -0.463 e. The first kappa shape index (κ1) is 6.21. The van der Waals surface area contributed by atoms with Crippen LogP contribution in [0.4, 0.5) is 5.69 Å². The van der Waals surface area contributed by atoms with Gasteiger partial charge in [0.05, 0.1) is 6.20 Å². The van der Waals surface area contributed by atoms with Crippen LogP contribution in [0.15, 0.2) is 6.20 Å². The summed E-state index contributed by atoms with van der Waals surface area (Å²) in [5.41, 5.74) is 0.605. The number of carbonyl (C=O) groups is 1. The van der Waals surface area contributed by atoms with E-state index in [-0.39, 0.29) is 5.91 Å². The fourth-order valence-electron chi connectivity index (χ4n) is 0.918. The van der Waals surface area contributed by atoms with Gasteiger partial charge in [0, 0.05) is 0 Å². The van der Waals surface area contributed by atoms with Crippen LogP contribution < -0.4 is 10.1 Å². The summed E-state index contributed by atoms with van der Waals surface area (Å²) in [6, 6.07) is 0. The minimum absolute atomic E-state index is 0.140. The first-order valence-electron chi connectivity index (χ1n) is 3.28. The zero-order valence-electron chi connectivity index (χ0n) is 5.92. The van der Waals surface area contributed by atoms with Crippen LogP contribution in [0.25, 0.3) is 0 Å². The van der Waals surface area contributed by atoms with E-state index in [0.717, 1.165) is 0 Å². The number of anilines is 1. The lowest BCUT2D eigenvalue weighted by molar-refractivity contribution is -0.122. The number of nitrogens with zero attached hydrogens (tertiary/aromatic N) is 1. The summed E-state index contributed by atoms with van der Waals surface area (Å²) in [5, 5.41) is 8.96. The van der Waals surface area contributed by atoms with Crippen molar-refractivity contribution in [2.24, 2.45) is 0 Å². The fraction of sp³-hybridized carbons (Fsp3) is 0.333. The van der Waals surface area contributed by atoms with Crippen molar-refractivity contribution < 1.29 is 9.53 Å². The van der Waals surface area contributed by atoms with Gasteiger partial charge in [-0.05, 0) is 6.92 Å². The molecule has 2 rings (SSSR count). The molecule has 11 heavy (non-hydrogen) atoms. The molecule has 1 amide bonds. The fourth-order valence-corrected chi connectivity index (χ4v) is 0.918. The van der Waals surface area contributed by atoms with E-state index in [9.17, 15) is 4.79 Å². The van der Waals surface area contributed by atoms with Crippen molar-refractivity contribution in [3.63, 3.8) is 0 Å². The summed E-state index contributed by atoms with van der Waals surface area (Å²) in [6.07, 6.45) is 1.07. The van der Waals surface area contributed by atoms with Gasteiger partial charge in [0.15, 0.2) is 6.10 Å². The molecular formula is C6H7N3O2. The Kier molecular flexibility index (Phi) is 1.12. The van der Waals surface area contributed by atoms with Gasteiger partial charge >= 0.3 is 0 Å². The van der Waals surface area contributed by atoms with Gasteiger partial charge in [-0.25, -0.2) is 5.10 Å². The second-order valence-corrected chi connectivity index (χ2v) is 2.36. The molecule has 0 aliphatic carbocycles. The van der Waals surface area contributed by atoms with E-state index < -0.39 is 6.10 Å². The molecule has 1 aromatic heterocycles. The number of fused-ring (bicyclic) bond motifs is 1. The maximum absolute atomic E-state index is 11.0. The number of aromatic nitrogens is 2. The van der Waals surface area contributed by atoms with E-state index >= 15 is 0 Å². The van der Waals surface area contributed by atoms with Crippen LogP contribution in [-0.2, 0) is 4.79 Å². The third-order valence-corrected chi connectivity index (χ3v) is 1.53. The van der Waals surface area contributed by atoms with Gasteiger partial charge in [0.25, 0.3) is 5.91 Å². The lowest BCUT2D eigenvalue weighted by atomic mass is 10.3. The Morgan fingerprint density at radius 1 is 1.73 bits per heavy atom. The first-order valence-corrected chi connectivity index (χ1v) is 3.28. The molecule has 0 radical (unpaired) electrons. The number of hydrogen-bond acceptors (Lipinski definition) is 3. The van der Waals surface area contributed by atoms with Gasteiger partial charge in [0.1, 0.15) is 5.69 Å². The molecule has 1 aromatic rings. The lowest BCUT2D eigenvalue weighted by Crippen LogP contribution is -2.34. The first-order chi connectivity index (χ1) is 5.27. The molecule has 1 aliphatic heterocycles. The smallest absolute Gasteiger partial charge is 0.265 e. The third kappa shape index (κ3) is 0.849. The molecular weight excluding hydrogens is 146 g/mol. The van der Waals surface area contributed by atoms with Crippen LogP contribution in [0.1, 0.15) is 6.92 Å². The quantitative estimate of drug-likeness (QED) is 0.556. The minimum atomic E-state index is -0.442. The summed E-state index contributed by atoms with van der Waals surface area (Å²) in [7, 11) is 0. The zero-order chi connectivity index (χ0) is 7.84. The summed E-state index contributed by atoms with van der Waals surface area (Å²) in [6.45, 7) is 1.68. The van der Waals surface area contributed by atoms with Gasteiger partial charge in [-0.15, -0.1) is 0 Å². The number of aromatic amines is 1. The van der Waals surface area contributed by atoms with Crippen molar-refractivity contribution >= 4 is 11.6 Å². The molecule has 0 fully saturated rings. The van der Waals surface area contributed by atoms with Gasteiger partial charge in [-0.2, -0.15) is 5.10 Å². The molecule has 1 unspecified atom stereocenters. The molecule has 2 heterocycles. The molecule has 1 aliphatic rings. The van der Waals surface area contributed by atoms with Gasteiger partial charge in [0.2, 0.25) is 5.88 Å². The highest BCUT2D eigenvalue weighted by molar-refractivity contribution is 5.96. The monoisotopic (exact) mass is 153 g/mol. The number of rotatable bonds is 0. The number of carbonyl (C=O) groups excluding carboxylic acids is 1. The normalized spacial score (nSPS) is 21.9. The molecule has 0 saturated heterocycles. The number of ether oxygens (including phenoxy) is 1. The second kappa shape index (κ2) is 1.98. The highest BCUT2D eigenvalue weighted by atomic mass is 16.5. The van der Waals surface area contributed by atoms with E-state index in [2.05, 4.69) is 15.5 Å². The van der Waals surface area contributed by atoms with Crippen LogP contribution in [0.2, 0.25) is 0 Å². The van der Waals surface area contributed by atoms with Crippen LogP contribution in [0.5, 0.6) is 5.88 Å². The predicted octanol–water partition coefficient (Wildman–Crippen LogP) is 0.129. The number of hydrogen-bond donors (Lipinski definition) is 2. The SMILES string of the molecule is CC1Oc2[nH]ncc2NC1=O. The Morgan fingerprint density at radius 2 is 2.55 bits per heavy atom. The molecule has 0 saturated carbocycles. The van der Waals surface area contributed by atoms with E-state index in [0.29, 0.717) is 11.6 Å². The molecule has 0 aromatic carbocycles.